The highest BCUT2D eigenvalue weighted by atomic mass is 16.1. The fourth-order valence-electron chi connectivity index (χ4n) is 2.31. The Morgan fingerprint density at radius 1 is 1.09 bits per heavy atom. The molecular weight excluding hydrogens is 296 g/mol. The van der Waals surface area contributed by atoms with Gasteiger partial charge in [-0.2, -0.15) is 5.10 Å². The topological polar surface area (TPSA) is 96.3 Å². The van der Waals surface area contributed by atoms with E-state index in [1.165, 1.54) is 15.6 Å². The molecule has 0 aliphatic rings. The normalized spacial score (nSPS) is 11.2. The summed E-state index contributed by atoms with van der Waals surface area (Å²) in [5.74, 6) is 0. The minimum atomic E-state index is -0.252. The molecule has 23 heavy (non-hydrogen) atoms. The summed E-state index contributed by atoms with van der Waals surface area (Å²) in [6.45, 7) is 0.198. The first kappa shape index (κ1) is 13.3. The Labute approximate surface area is 129 Å². The van der Waals surface area contributed by atoms with Crippen molar-refractivity contribution >= 4 is 11.0 Å². The van der Waals surface area contributed by atoms with E-state index in [2.05, 4.69) is 25.7 Å². The molecule has 0 saturated carbocycles. The summed E-state index contributed by atoms with van der Waals surface area (Å²) in [6, 6.07) is 9.61. The second kappa shape index (κ2) is 5.13. The molecular formula is C14H12N8O. The Bertz CT molecular complexity index is 1030. The standard InChI is InChI=1S/C14H12N8O/c1-20-13-12(7-15-20)14(23)22(19-17-13)9-10-8-21(18-16-10)11-5-3-2-4-6-11/h2-8H,9H2,1H3. The van der Waals surface area contributed by atoms with Crippen LogP contribution in [0.25, 0.3) is 16.7 Å². The first-order chi connectivity index (χ1) is 11.2. The van der Waals surface area contributed by atoms with Gasteiger partial charge >= 0.3 is 0 Å². The van der Waals surface area contributed by atoms with E-state index in [-0.39, 0.29) is 12.1 Å². The molecule has 3 heterocycles. The first-order valence-corrected chi connectivity index (χ1v) is 6.94. The Morgan fingerprint density at radius 2 is 1.91 bits per heavy atom. The Hall–Kier alpha value is -3.36. The van der Waals surface area contributed by atoms with Crippen LogP contribution < -0.4 is 5.56 Å². The van der Waals surface area contributed by atoms with Crippen LogP contribution in [0.4, 0.5) is 0 Å². The quantitative estimate of drug-likeness (QED) is 0.534. The van der Waals surface area contributed by atoms with Gasteiger partial charge in [0, 0.05) is 7.05 Å². The lowest BCUT2D eigenvalue weighted by Crippen LogP contribution is -2.24. The van der Waals surface area contributed by atoms with Crippen molar-refractivity contribution in [3.8, 4) is 5.69 Å². The number of fused-ring (bicyclic) bond motifs is 1. The molecule has 114 valence electrons. The predicted molar refractivity (Wildman–Crippen MR) is 81.0 cm³/mol. The molecule has 4 rings (SSSR count). The zero-order valence-corrected chi connectivity index (χ0v) is 12.2. The van der Waals surface area contributed by atoms with Gasteiger partial charge in [-0.05, 0) is 12.1 Å². The lowest BCUT2D eigenvalue weighted by atomic mass is 10.3. The number of rotatable bonds is 3. The summed E-state index contributed by atoms with van der Waals surface area (Å²) in [7, 11) is 1.71. The van der Waals surface area contributed by atoms with Crippen LogP contribution in [-0.4, -0.2) is 39.8 Å². The lowest BCUT2D eigenvalue weighted by Gasteiger charge is -2.00. The molecule has 0 bridgehead atoms. The number of aromatic nitrogens is 8. The van der Waals surface area contributed by atoms with Gasteiger partial charge < -0.3 is 0 Å². The maximum absolute atomic E-state index is 12.4. The fourth-order valence-corrected chi connectivity index (χ4v) is 2.31. The third kappa shape index (κ3) is 2.27. The largest absolute Gasteiger partial charge is 0.281 e. The molecule has 0 fully saturated rings. The zero-order valence-electron chi connectivity index (χ0n) is 12.2. The van der Waals surface area contributed by atoms with Crippen LogP contribution in [-0.2, 0) is 13.6 Å². The predicted octanol–water partition coefficient (Wildman–Crippen LogP) is 0.154. The number of hydrogen-bond acceptors (Lipinski definition) is 6. The van der Waals surface area contributed by atoms with Crippen molar-refractivity contribution in [3.63, 3.8) is 0 Å². The van der Waals surface area contributed by atoms with Crippen molar-refractivity contribution < 1.29 is 0 Å². The van der Waals surface area contributed by atoms with Crippen LogP contribution in [0.15, 0.2) is 47.5 Å². The van der Waals surface area contributed by atoms with Crippen molar-refractivity contribution in [1.82, 2.24) is 39.8 Å². The van der Waals surface area contributed by atoms with E-state index in [9.17, 15) is 4.79 Å². The molecule has 0 unspecified atom stereocenters. The number of nitrogens with zero attached hydrogens (tertiary/aromatic N) is 8. The van der Waals surface area contributed by atoms with E-state index in [1.807, 2.05) is 30.3 Å². The van der Waals surface area contributed by atoms with Gasteiger partial charge in [-0.3, -0.25) is 4.79 Å². The monoisotopic (exact) mass is 308 g/mol. The second-order valence-electron chi connectivity index (χ2n) is 5.05. The summed E-state index contributed by atoms with van der Waals surface area (Å²) in [5.41, 5.74) is 1.72. The van der Waals surface area contributed by atoms with Gasteiger partial charge in [-0.1, -0.05) is 28.6 Å². The average Bonchev–Trinajstić information content (AvgIpc) is 3.19. The maximum atomic E-state index is 12.4. The van der Waals surface area contributed by atoms with Crippen LogP contribution in [0.1, 0.15) is 5.69 Å². The van der Waals surface area contributed by atoms with Crippen molar-refractivity contribution in [2.24, 2.45) is 7.05 Å². The molecule has 9 heteroatoms. The summed E-state index contributed by atoms with van der Waals surface area (Å²) in [4.78, 5) is 12.4. The molecule has 0 saturated heterocycles. The lowest BCUT2D eigenvalue weighted by molar-refractivity contribution is 0.586. The maximum Gasteiger partial charge on any atom is 0.281 e. The zero-order chi connectivity index (χ0) is 15.8. The van der Waals surface area contributed by atoms with Gasteiger partial charge in [0.25, 0.3) is 5.56 Å². The Morgan fingerprint density at radius 3 is 2.74 bits per heavy atom. The van der Waals surface area contributed by atoms with Crippen molar-refractivity contribution in [3.05, 3.63) is 58.8 Å². The van der Waals surface area contributed by atoms with Gasteiger partial charge in [0.1, 0.15) is 11.1 Å². The van der Waals surface area contributed by atoms with Crippen LogP contribution >= 0.6 is 0 Å². The molecule has 4 aromatic rings. The molecule has 0 amide bonds. The average molecular weight is 308 g/mol. The van der Waals surface area contributed by atoms with Crippen LogP contribution in [0.2, 0.25) is 0 Å². The smallest absolute Gasteiger partial charge is 0.267 e. The molecule has 0 atom stereocenters. The van der Waals surface area contributed by atoms with Crippen molar-refractivity contribution in [2.45, 2.75) is 6.54 Å². The van der Waals surface area contributed by atoms with E-state index in [4.69, 9.17) is 0 Å². The van der Waals surface area contributed by atoms with Gasteiger partial charge in [0.15, 0.2) is 5.65 Å². The second-order valence-corrected chi connectivity index (χ2v) is 5.05. The number of para-hydroxylation sites is 1. The molecule has 3 aromatic heterocycles. The number of aryl methyl sites for hydroxylation is 1. The Balaban J connectivity index is 1.68. The summed E-state index contributed by atoms with van der Waals surface area (Å²) >= 11 is 0. The number of benzene rings is 1. The molecule has 1 aromatic carbocycles. The first-order valence-electron chi connectivity index (χ1n) is 6.94. The van der Waals surface area contributed by atoms with E-state index >= 15 is 0 Å². The fraction of sp³-hybridized carbons (Fsp3) is 0.143. The van der Waals surface area contributed by atoms with Gasteiger partial charge in [-0.25, -0.2) is 14.0 Å². The van der Waals surface area contributed by atoms with E-state index in [0.717, 1.165) is 5.69 Å². The number of hydrogen-bond donors (Lipinski definition) is 0. The minimum Gasteiger partial charge on any atom is -0.267 e. The van der Waals surface area contributed by atoms with E-state index in [1.54, 1.807) is 17.9 Å². The van der Waals surface area contributed by atoms with Crippen molar-refractivity contribution in [1.29, 1.82) is 0 Å². The minimum absolute atomic E-state index is 0.198. The van der Waals surface area contributed by atoms with E-state index in [0.29, 0.717) is 16.7 Å². The van der Waals surface area contributed by atoms with Gasteiger partial charge in [0.2, 0.25) is 0 Å². The highest BCUT2D eigenvalue weighted by Gasteiger charge is 2.11. The molecule has 0 aliphatic heterocycles. The third-order valence-electron chi connectivity index (χ3n) is 3.49. The highest BCUT2D eigenvalue weighted by Crippen LogP contribution is 2.07. The van der Waals surface area contributed by atoms with E-state index < -0.39 is 0 Å². The molecule has 0 radical (unpaired) electrons. The summed E-state index contributed by atoms with van der Waals surface area (Å²) in [6.07, 6.45) is 3.25. The Kier molecular flexibility index (Phi) is 2.97. The SMILES string of the molecule is Cn1ncc2c(=O)n(Cc3cn(-c4ccccc4)nn3)nnc21. The molecule has 9 nitrogen and oxygen atoms in total. The molecule has 0 aliphatic carbocycles. The summed E-state index contributed by atoms with van der Waals surface area (Å²) in [5, 5.41) is 20.5. The van der Waals surface area contributed by atoms with Crippen LogP contribution in [0.3, 0.4) is 0 Å². The van der Waals surface area contributed by atoms with Crippen molar-refractivity contribution in [2.75, 3.05) is 0 Å². The highest BCUT2D eigenvalue weighted by molar-refractivity contribution is 5.72. The van der Waals surface area contributed by atoms with Crippen LogP contribution in [0, 0.1) is 0 Å². The third-order valence-corrected chi connectivity index (χ3v) is 3.49. The molecule has 0 spiro atoms. The van der Waals surface area contributed by atoms with Gasteiger partial charge in [0.05, 0.1) is 24.6 Å². The summed E-state index contributed by atoms with van der Waals surface area (Å²) < 4.78 is 4.42. The van der Waals surface area contributed by atoms with Crippen LogP contribution in [0.5, 0.6) is 0 Å². The van der Waals surface area contributed by atoms with Gasteiger partial charge in [-0.15, -0.1) is 10.2 Å². The molecule has 0 N–H and O–H groups in total.